The van der Waals surface area contributed by atoms with Crippen LogP contribution in [0.1, 0.15) is 87.4 Å². The molecule has 1 aliphatic heterocycles. The van der Waals surface area contributed by atoms with Crippen LogP contribution in [-0.4, -0.2) is 30.5 Å². The quantitative estimate of drug-likeness (QED) is 0.217. The lowest BCUT2D eigenvalue weighted by Crippen LogP contribution is -2.54. The summed E-state index contributed by atoms with van der Waals surface area (Å²) >= 11 is 0. The molecular formula is C36H45N3OSi. The van der Waals surface area contributed by atoms with E-state index in [2.05, 4.69) is 83.4 Å². The molecular weight excluding hydrogens is 519 g/mol. The number of hydrogen-bond acceptors (Lipinski definition) is 2. The molecule has 5 aliphatic rings. The Kier molecular flexibility index (Phi) is 7.54. The second-order valence-electron chi connectivity index (χ2n) is 14.6. The SMILES string of the molecule is [C-]#[N+]c1ccc2c(c1)C[C@H](CCCC)N(C(=O)C#C[Si](C)(C)C)[C@H]2c1ccc(NC23CC4CC(CC(C4)C2)C3)cc1. The minimum atomic E-state index is -1.71. The first-order valence-electron chi connectivity index (χ1n) is 15.9. The first kappa shape index (κ1) is 28.1. The average Bonchev–Trinajstić information content (AvgIpc) is 2.92. The second kappa shape index (κ2) is 11.0. The Morgan fingerprint density at radius 3 is 2.29 bits per heavy atom. The molecule has 0 radical (unpaired) electrons. The highest BCUT2D eigenvalue weighted by atomic mass is 28.3. The van der Waals surface area contributed by atoms with Gasteiger partial charge in [-0.25, -0.2) is 4.85 Å². The summed E-state index contributed by atoms with van der Waals surface area (Å²) in [7, 11) is -1.71. The molecule has 4 nitrogen and oxygen atoms in total. The molecule has 1 heterocycles. The fourth-order valence-electron chi connectivity index (χ4n) is 8.75. The van der Waals surface area contributed by atoms with Gasteiger partial charge in [-0.05, 0) is 98.3 Å². The van der Waals surface area contributed by atoms with Gasteiger partial charge in [-0.3, -0.25) is 4.79 Å². The standard InChI is InChI=1S/C36H45N3OSi/c1-6-7-8-32-21-29-20-31(37-2)13-14-33(29)35(39(32)34(40)15-16-41(3,4)5)28-9-11-30(12-10-28)38-36-22-25-17-26(23-36)19-27(18-25)24-36/h9-14,20,25-27,32,35,38H,6-8,17-19,21-24H2,1,3-5H3/t25?,26?,27?,32-,35-,36?/m0/s1. The molecule has 214 valence electrons. The van der Waals surface area contributed by atoms with Gasteiger partial charge < -0.3 is 10.2 Å². The number of benzene rings is 2. The van der Waals surface area contributed by atoms with Crippen LogP contribution in [0, 0.1) is 35.8 Å². The number of unbranched alkanes of at least 4 members (excludes halogenated alkanes) is 1. The topological polar surface area (TPSA) is 36.7 Å². The summed E-state index contributed by atoms with van der Waals surface area (Å²) in [5, 5.41) is 4.03. The summed E-state index contributed by atoms with van der Waals surface area (Å²) < 4.78 is 0. The average molecular weight is 564 g/mol. The molecule has 2 aromatic rings. The number of rotatable bonds is 6. The summed E-state index contributed by atoms with van der Waals surface area (Å²) in [6, 6.07) is 14.9. The van der Waals surface area contributed by atoms with Crippen LogP contribution in [0.2, 0.25) is 19.6 Å². The van der Waals surface area contributed by atoms with Crippen LogP contribution in [0.4, 0.5) is 11.4 Å². The lowest BCUT2D eigenvalue weighted by molar-refractivity contribution is -0.130. The van der Waals surface area contributed by atoms with Crippen molar-refractivity contribution in [2.45, 2.75) is 108 Å². The summed E-state index contributed by atoms with van der Waals surface area (Å²) in [4.78, 5) is 19.7. The summed E-state index contributed by atoms with van der Waals surface area (Å²) in [6.07, 6.45) is 12.2. The lowest BCUT2D eigenvalue weighted by atomic mass is 9.53. The van der Waals surface area contributed by atoms with Crippen molar-refractivity contribution in [1.29, 1.82) is 0 Å². The van der Waals surface area contributed by atoms with E-state index in [9.17, 15) is 4.79 Å². The van der Waals surface area contributed by atoms with Crippen molar-refractivity contribution in [3.05, 3.63) is 70.6 Å². The highest BCUT2D eigenvalue weighted by Gasteiger charge is 2.51. The van der Waals surface area contributed by atoms with E-state index >= 15 is 0 Å². The minimum Gasteiger partial charge on any atom is -0.380 e. The predicted molar refractivity (Wildman–Crippen MR) is 170 cm³/mol. The van der Waals surface area contributed by atoms with Crippen LogP contribution in [0.3, 0.4) is 0 Å². The highest BCUT2D eigenvalue weighted by Crippen LogP contribution is 2.56. The van der Waals surface area contributed by atoms with Crippen molar-refractivity contribution < 1.29 is 4.79 Å². The Morgan fingerprint density at radius 1 is 1.05 bits per heavy atom. The number of carbonyl (C=O) groups excluding carboxylic acids is 1. The van der Waals surface area contributed by atoms with Gasteiger partial charge in [-0.2, -0.15) is 0 Å². The number of carbonyl (C=O) groups is 1. The molecule has 2 atom stereocenters. The number of nitrogens with zero attached hydrogens (tertiary/aromatic N) is 2. The molecule has 7 rings (SSSR count). The van der Waals surface area contributed by atoms with Gasteiger partial charge in [0.25, 0.3) is 5.91 Å². The molecule has 2 aromatic carbocycles. The Morgan fingerprint density at radius 2 is 1.71 bits per heavy atom. The van der Waals surface area contributed by atoms with E-state index in [1.807, 2.05) is 12.1 Å². The van der Waals surface area contributed by atoms with E-state index in [1.165, 1.54) is 49.8 Å². The Balaban J connectivity index is 1.35. The van der Waals surface area contributed by atoms with E-state index in [-0.39, 0.29) is 23.5 Å². The van der Waals surface area contributed by atoms with Crippen LogP contribution < -0.4 is 5.32 Å². The summed E-state index contributed by atoms with van der Waals surface area (Å²) in [5.41, 5.74) is 8.94. The van der Waals surface area contributed by atoms with Crippen LogP contribution in [-0.2, 0) is 11.2 Å². The fraction of sp³-hybridized carbons (Fsp3) is 0.556. The monoisotopic (exact) mass is 563 g/mol. The van der Waals surface area contributed by atoms with Gasteiger partial charge in [0.1, 0.15) is 8.07 Å². The maximum absolute atomic E-state index is 13.9. The molecule has 4 saturated carbocycles. The molecule has 1 N–H and O–H groups in total. The maximum atomic E-state index is 13.9. The van der Waals surface area contributed by atoms with Crippen LogP contribution in [0.5, 0.6) is 0 Å². The summed E-state index contributed by atoms with van der Waals surface area (Å²) in [5.74, 6) is 5.75. The number of anilines is 1. The number of fused-ring (bicyclic) bond motifs is 1. The van der Waals surface area contributed by atoms with Gasteiger partial charge in [0.2, 0.25) is 0 Å². The summed E-state index contributed by atoms with van der Waals surface area (Å²) in [6.45, 7) is 16.4. The molecule has 0 spiro atoms. The maximum Gasteiger partial charge on any atom is 0.298 e. The van der Waals surface area contributed by atoms with Gasteiger partial charge in [0.05, 0.1) is 12.6 Å². The first-order chi connectivity index (χ1) is 19.6. The molecule has 4 bridgehead atoms. The third-order valence-electron chi connectivity index (χ3n) is 10.0. The van der Waals surface area contributed by atoms with E-state index in [1.54, 1.807) is 0 Å². The van der Waals surface area contributed by atoms with Crippen LogP contribution in [0.25, 0.3) is 4.85 Å². The first-order valence-corrected chi connectivity index (χ1v) is 19.4. The van der Waals surface area contributed by atoms with Crippen molar-refractivity contribution in [1.82, 2.24) is 4.90 Å². The van der Waals surface area contributed by atoms with Crippen LogP contribution >= 0.6 is 0 Å². The zero-order chi connectivity index (χ0) is 28.8. The normalized spacial score (nSPS) is 29.7. The van der Waals surface area contributed by atoms with Gasteiger partial charge >= 0.3 is 0 Å². The third-order valence-corrected chi connectivity index (χ3v) is 10.9. The van der Waals surface area contributed by atoms with Crippen molar-refractivity contribution in [2.24, 2.45) is 17.8 Å². The molecule has 1 amide bonds. The molecule has 0 aromatic heterocycles. The molecule has 4 aliphatic carbocycles. The number of amides is 1. The zero-order valence-corrected chi connectivity index (χ0v) is 26.3. The molecule has 5 heteroatoms. The molecule has 4 fully saturated rings. The van der Waals surface area contributed by atoms with Gasteiger partial charge in [0, 0.05) is 17.3 Å². The number of hydrogen-bond donors (Lipinski definition) is 1. The van der Waals surface area contributed by atoms with Crippen molar-refractivity contribution in [3.8, 4) is 11.5 Å². The molecule has 0 saturated heterocycles. The number of nitrogens with one attached hydrogen (secondary N) is 1. The third kappa shape index (κ3) is 5.84. The van der Waals surface area contributed by atoms with E-state index < -0.39 is 8.07 Å². The lowest BCUT2D eigenvalue weighted by Gasteiger charge is -2.57. The molecule has 41 heavy (non-hydrogen) atoms. The second-order valence-corrected chi connectivity index (χ2v) is 19.3. The zero-order valence-electron chi connectivity index (χ0n) is 25.3. The van der Waals surface area contributed by atoms with Crippen molar-refractivity contribution in [3.63, 3.8) is 0 Å². The fourth-order valence-corrected chi connectivity index (χ4v) is 9.23. The predicted octanol–water partition coefficient (Wildman–Crippen LogP) is 8.53. The van der Waals surface area contributed by atoms with E-state index in [0.29, 0.717) is 5.69 Å². The molecule has 0 unspecified atom stereocenters. The van der Waals surface area contributed by atoms with Crippen molar-refractivity contribution in [2.75, 3.05) is 5.32 Å². The Hall–Kier alpha value is -3.02. The Labute approximate surface area is 248 Å². The van der Waals surface area contributed by atoms with Crippen molar-refractivity contribution >= 4 is 25.4 Å². The van der Waals surface area contributed by atoms with Gasteiger partial charge in [0.15, 0.2) is 5.69 Å². The van der Waals surface area contributed by atoms with Gasteiger partial charge in [-0.1, -0.05) is 75.3 Å². The highest BCUT2D eigenvalue weighted by molar-refractivity contribution is 6.84. The van der Waals surface area contributed by atoms with Crippen LogP contribution in [0.15, 0.2) is 42.5 Å². The Bertz CT molecular complexity index is 1370. The van der Waals surface area contributed by atoms with Gasteiger partial charge in [-0.15, -0.1) is 5.54 Å². The largest absolute Gasteiger partial charge is 0.380 e. The van der Waals surface area contributed by atoms with E-state index in [4.69, 9.17) is 6.57 Å². The minimum absolute atomic E-state index is 0.0609. The smallest absolute Gasteiger partial charge is 0.298 e. The van der Waals surface area contributed by atoms with E-state index in [0.717, 1.165) is 54.6 Å².